The molecule has 0 aliphatic rings. The molecule has 13 nitrogen and oxygen atoms in total. The largest absolute Gasteiger partial charge is 0.481 e. The topological polar surface area (TPSA) is 225 Å². The second kappa shape index (κ2) is 13.4. The van der Waals surface area contributed by atoms with Gasteiger partial charge in [0.05, 0.1) is 18.9 Å². The number of thiol groups is 1. The molecule has 0 radical (unpaired) electrons. The molecule has 14 heteroatoms. The number of aliphatic carboxylic acids is 3. The quantitative estimate of drug-likeness (QED) is 0.129. The van der Waals surface area contributed by atoms with E-state index in [0.29, 0.717) is 6.42 Å². The maximum absolute atomic E-state index is 12.4. The van der Waals surface area contributed by atoms with Crippen LogP contribution in [0.25, 0.3) is 0 Å². The Hall–Kier alpha value is -2.87. The summed E-state index contributed by atoms with van der Waals surface area (Å²) in [5.74, 6) is -7.56. The van der Waals surface area contributed by atoms with Gasteiger partial charge in [-0.25, -0.2) is 4.79 Å². The summed E-state index contributed by atoms with van der Waals surface area (Å²) in [6.07, 6.45) is -1.54. The molecule has 3 amide bonds. The third kappa shape index (κ3) is 11.2. The van der Waals surface area contributed by atoms with Gasteiger partial charge < -0.3 is 37.0 Å². The lowest BCUT2D eigenvalue weighted by Gasteiger charge is -2.23. The monoisotopic (exact) mass is 464 g/mol. The SMILES string of the molecule is CC(C)CC(N)C(=O)NC(CS)C(=O)NC(CC(=O)O)C(=O)NC(CC(=O)O)C(=O)O. The fourth-order valence-corrected chi connectivity index (χ4v) is 2.65. The fraction of sp³-hybridized carbons (Fsp3) is 0.647. The van der Waals surface area contributed by atoms with Crippen molar-refractivity contribution in [1.29, 1.82) is 0 Å². The van der Waals surface area contributed by atoms with Crippen LogP contribution in [-0.2, 0) is 28.8 Å². The van der Waals surface area contributed by atoms with E-state index in [-0.39, 0.29) is 11.7 Å². The predicted molar refractivity (Wildman–Crippen MR) is 109 cm³/mol. The lowest BCUT2D eigenvalue weighted by atomic mass is 10.0. The highest BCUT2D eigenvalue weighted by Crippen LogP contribution is 2.04. The molecule has 176 valence electrons. The van der Waals surface area contributed by atoms with Crippen LogP contribution in [0.1, 0.15) is 33.1 Å². The standard InChI is InChI=1S/C17H28N4O9S/c1-7(2)3-8(18)14(26)21-11(6-31)16(28)19-9(4-12(22)23)15(27)20-10(17(29)30)5-13(24)25/h7-11,31H,3-6,18H2,1-2H3,(H,19,28)(H,20,27)(H,21,26)(H,22,23)(H,24,25)(H,29,30). The van der Waals surface area contributed by atoms with Crippen LogP contribution in [0.5, 0.6) is 0 Å². The highest BCUT2D eigenvalue weighted by Gasteiger charge is 2.32. The van der Waals surface area contributed by atoms with Gasteiger partial charge in [-0.15, -0.1) is 0 Å². The summed E-state index contributed by atoms with van der Waals surface area (Å²) in [6.45, 7) is 3.69. The molecule has 8 N–H and O–H groups in total. The van der Waals surface area contributed by atoms with Crippen LogP contribution in [0, 0.1) is 5.92 Å². The number of carbonyl (C=O) groups excluding carboxylic acids is 3. The number of amides is 3. The van der Waals surface area contributed by atoms with Gasteiger partial charge in [-0.3, -0.25) is 24.0 Å². The number of nitrogens with one attached hydrogen (secondary N) is 3. The molecule has 0 aromatic heterocycles. The third-order valence-electron chi connectivity index (χ3n) is 3.88. The average molecular weight is 464 g/mol. The van der Waals surface area contributed by atoms with E-state index in [1.54, 1.807) is 0 Å². The van der Waals surface area contributed by atoms with Gasteiger partial charge in [0.2, 0.25) is 17.7 Å². The summed E-state index contributed by atoms with van der Waals surface area (Å²) >= 11 is 3.96. The summed E-state index contributed by atoms with van der Waals surface area (Å²) in [6, 6.07) is -5.73. The van der Waals surface area contributed by atoms with Gasteiger partial charge in [0, 0.05) is 5.75 Å². The second-order valence-corrected chi connectivity index (χ2v) is 7.50. The second-order valence-electron chi connectivity index (χ2n) is 7.14. The number of carboxylic acids is 3. The minimum atomic E-state index is -1.84. The molecule has 0 heterocycles. The summed E-state index contributed by atoms with van der Waals surface area (Å²) < 4.78 is 0. The molecule has 4 atom stereocenters. The highest BCUT2D eigenvalue weighted by atomic mass is 32.1. The number of hydrogen-bond acceptors (Lipinski definition) is 8. The van der Waals surface area contributed by atoms with Crippen molar-refractivity contribution < 1.29 is 44.1 Å². The highest BCUT2D eigenvalue weighted by molar-refractivity contribution is 7.80. The van der Waals surface area contributed by atoms with Crippen molar-refractivity contribution in [1.82, 2.24) is 16.0 Å². The number of nitrogens with two attached hydrogens (primary N) is 1. The Morgan fingerprint density at radius 1 is 0.774 bits per heavy atom. The first kappa shape index (κ1) is 28.1. The van der Waals surface area contributed by atoms with Crippen molar-refractivity contribution in [3.8, 4) is 0 Å². The van der Waals surface area contributed by atoms with E-state index in [1.165, 1.54) is 0 Å². The molecule has 31 heavy (non-hydrogen) atoms. The smallest absolute Gasteiger partial charge is 0.326 e. The lowest BCUT2D eigenvalue weighted by molar-refractivity contribution is -0.148. The maximum Gasteiger partial charge on any atom is 0.326 e. The van der Waals surface area contributed by atoms with Crippen molar-refractivity contribution in [3.05, 3.63) is 0 Å². The average Bonchev–Trinajstić information content (AvgIpc) is 2.62. The van der Waals surface area contributed by atoms with Crippen LogP contribution >= 0.6 is 12.6 Å². The first-order valence-corrected chi connectivity index (χ1v) is 9.85. The Kier molecular flexibility index (Phi) is 12.2. The molecule has 0 aromatic carbocycles. The molecule has 0 aliphatic carbocycles. The molecule has 0 fully saturated rings. The van der Waals surface area contributed by atoms with Crippen LogP contribution in [0.3, 0.4) is 0 Å². The van der Waals surface area contributed by atoms with Crippen molar-refractivity contribution in [3.63, 3.8) is 0 Å². The van der Waals surface area contributed by atoms with Gasteiger partial charge in [0.1, 0.15) is 18.1 Å². The number of carbonyl (C=O) groups is 6. The number of hydrogen-bond donors (Lipinski definition) is 8. The predicted octanol–water partition coefficient (Wildman–Crippen LogP) is -2.22. The first-order valence-electron chi connectivity index (χ1n) is 9.22. The molecule has 0 aliphatic heterocycles. The fourth-order valence-electron chi connectivity index (χ4n) is 2.39. The molecular formula is C17H28N4O9S. The third-order valence-corrected chi connectivity index (χ3v) is 4.25. The van der Waals surface area contributed by atoms with E-state index in [2.05, 4.69) is 23.3 Å². The summed E-state index contributed by atoms with van der Waals surface area (Å²) in [5.41, 5.74) is 5.75. The van der Waals surface area contributed by atoms with Gasteiger partial charge in [-0.05, 0) is 12.3 Å². The Morgan fingerprint density at radius 3 is 1.61 bits per heavy atom. The van der Waals surface area contributed by atoms with Crippen LogP contribution < -0.4 is 21.7 Å². The molecule has 0 saturated heterocycles. The lowest BCUT2D eigenvalue weighted by Crippen LogP contribution is -2.58. The van der Waals surface area contributed by atoms with Crippen LogP contribution in [-0.4, -0.2) is 80.9 Å². The van der Waals surface area contributed by atoms with Gasteiger partial charge in [0.25, 0.3) is 0 Å². The number of rotatable bonds is 14. The molecule has 0 rings (SSSR count). The van der Waals surface area contributed by atoms with E-state index in [1.807, 2.05) is 19.2 Å². The Morgan fingerprint density at radius 2 is 1.19 bits per heavy atom. The van der Waals surface area contributed by atoms with Crippen molar-refractivity contribution in [2.75, 3.05) is 5.75 Å². The van der Waals surface area contributed by atoms with E-state index < -0.39 is 72.6 Å². The van der Waals surface area contributed by atoms with Crippen molar-refractivity contribution >= 4 is 48.3 Å². The van der Waals surface area contributed by atoms with E-state index >= 15 is 0 Å². The zero-order valence-electron chi connectivity index (χ0n) is 17.0. The zero-order valence-corrected chi connectivity index (χ0v) is 17.9. The van der Waals surface area contributed by atoms with Crippen molar-refractivity contribution in [2.45, 2.75) is 57.3 Å². The van der Waals surface area contributed by atoms with Crippen LogP contribution in [0.4, 0.5) is 0 Å². The van der Waals surface area contributed by atoms with Gasteiger partial charge in [-0.2, -0.15) is 12.6 Å². The minimum absolute atomic E-state index is 0.112. The van der Waals surface area contributed by atoms with Crippen molar-refractivity contribution in [2.24, 2.45) is 11.7 Å². The maximum atomic E-state index is 12.4. The molecule has 0 spiro atoms. The Bertz CT molecular complexity index is 701. The molecule has 0 saturated carbocycles. The van der Waals surface area contributed by atoms with E-state index in [9.17, 15) is 28.8 Å². The summed E-state index contributed by atoms with van der Waals surface area (Å²) in [4.78, 5) is 69.8. The number of carboxylic acid groups (broad SMARTS) is 3. The molecule has 4 unspecified atom stereocenters. The van der Waals surface area contributed by atoms with Gasteiger partial charge in [-0.1, -0.05) is 13.8 Å². The molecule has 0 aromatic rings. The van der Waals surface area contributed by atoms with Crippen LogP contribution in [0.15, 0.2) is 0 Å². The van der Waals surface area contributed by atoms with Gasteiger partial charge in [0.15, 0.2) is 0 Å². The van der Waals surface area contributed by atoms with Gasteiger partial charge >= 0.3 is 17.9 Å². The summed E-state index contributed by atoms with van der Waals surface area (Å²) in [7, 11) is 0. The Labute approximate surface area is 183 Å². The Balaban J connectivity index is 5.30. The molecule has 0 bridgehead atoms. The molecular weight excluding hydrogens is 436 g/mol. The normalized spacial score (nSPS) is 14.6. The van der Waals surface area contributed by atoms with Crippen LogP contribution in [0.2, 0.25) is 0 Å². The summed E-state index contributed by atoms with van der Waals surface area (Å²) in [5, 5.41) is 33.0. The zero-order chi connectivity index (χ0) is 24.3. The van der Waals surface area contributed by atoms with E-state index in [0.717, 1.165) is 0 Å². The minimum Gasteiger partial charge on any atom is -0.481 e. The first-order chi connectivity index (χ1) is 14.3. The van der Waals surface area contributed by atoms with E-state index in [4.69, 9.17) is 21.1 Å².